The highest BCUT2D eigenvalue weighted by molar-refractivity contribution is 8.00. The van der Waals surface area contributed by atoms with Crippen LogP contribution in [0.1, 0.15) is 41.2 Å². The van der Waals surface area contributed by atoms with Gasteiger partial charge >= 0.3 is 0 Å². The number of aromatic nitrogens is 2. The number of nitrogens with zero attached hydrogens (tertiary/aromatic N) is 2. The normalized spacial score (nSPS) is 11.7. The molecule has 0 fully saturated rings. The molecule has 0 aliphatic carbocycles. The lowest BCUT2D eigenvalue weighted by Crippen LogP contribution is -2.22. The Morgan fingerprint density at radius 1 is 1.16 bits per heavy atom. The van der Waals surface area contributed by atoms with Gasteiger partial charge in [-0.05, 0) is 43.5 Å². The summed E-state index contributed by atoms with van der Waals surface area (Å²) in [5.41, 5.74) is 2.78. The minimum absolute atomic E-state index is 0.0193. The predicted octanol–water partition coefficient (Wildman–Crippen LogP) is 4.00. The maximum absolute atomic E-state index is 12.7. The summed E-state index contributed by atoms with van der Waals surface area (Å²) in [6, 6.07) is 15.1. The van der Waals surface area contributed by atoms with E-state index in [1.807, 2.05) is 50.2 Å². The standard InChI is InChI=1S/C23H25N3O4S/c1-15-5-4-6-20(13-15)29-14-21-25-26-23(30-21)31-16(2)22(28)19-9-7-18(8-10-19)11-12-24-17(3)27/h4-10,13,16H,11-12,14H2,1-3H3,(H,24,27). The summed E-state index contributed by atoms with van der Waals surface area (Å²) in [5, 5.41) is 10.7. The average Bonchev–Trinajstić information content (AvgIpc) is 3.19. The van der Waals surface area contributed by atoms with E-state index in [0.717, 1.165) is 16.9 Å². The third kappa shape index (κ3) is 6.96. The van der Waals surface area contributed by atoms with Crippen molar-refractivity contribution in [2.45, 2.75) is 44.3 Å². The molecule has 0 spiro atoms. The van der Waals surface area contributed by atoms with Crippen LogP contribution in [0.25, 0.3) is 0 Å². The second-order valence-corrected chi connectivity index (χ2v) is 8.41. The molecule has 0 saturated carbocycles. The number of benzene rings is 2. The third-order valence-corrected chi connectivity index (χ3v) is 5.41. The van der Waals surface area contributed by atoms with Crippen molar-refractivity contribution in [3.05, 3.63) is 71.1 Å². The summed E-state index contributed by atoms with van der Waals surface area (Å²) in [6.07, 6.45) is 0.716. The summed E-state index contributed by atoms with van der Waals surface area (Å²) < 4.78 is 11.3. The van der Waals surface area contributed by atoms with E-state index in [1.165, 1.54) is 18.7 Å². The SMILES string of the molecule is CC(=O)NCCc1ccc(C(=O)C(C)Sc2nnc(COc3cccc(C)c3)o2)cc1. The van der Waals surface area contributed by atoms with Crippen molar-refractivity contribution in [1.82, 2.24) is 15.5 Å². The van der Waals surface area contributed by atoms with Crippen LogP contribution in [0.2, 0.25) is 0 Å². The summed E-state index contributed by atoms with van der Waals surface area (Å²) in [4.78, 5) is 23.7. The molecular weight excluding hydrogens is 414 g/mol. The number of rotatable bonds is 10. The van der Waals surface area contributed by atoms with Crippen molar-refractivity contribution in [3.8, 4) is 5.75 Å². The van der Waals surface area contributed by atoms with Gasteiger partial charge in [-0.1, -0.05) is 48.2 Å². The Labute approximate surface area is 185 Å². The molecule has 1 heterocycles. The Morgan fingerprint density at radius 2 is 1.94 bits per heavy atom. The summed E-state index contributed by atoms with van der Waals surface area (Å²) in [7, 11) is 0. The monoisotopic (exact) mass is 439 g/mol. The van der Waals surface area contributed by atoms with Gasteiger partial charge in [-0.2, -0.15) is 0 Å². The van der Waals surface area contributed by atoms with Crippen molar-refractivity contribution in [3.63, 3.8) is 0 Å². The topological polar surface area (TPSA) is 94.3 Å². The number of aryl methyl sites for hydroxylation is 1. The average molecular weight is 440 g/mol. The molecule has 3 rings (SSSR count). The van der Waals surface area contributed by atoms with E-state index in [-0.39, 0.29) is 23.5 Å². The zero-order valence-electron chi connectivity index (χ0n) is 17.8. The fraction of sp³-hybridized carbons (Fsp3) is 0.304. The first kappa shape index (κ1) is 22.6. The van der Waals surface area contributed by atoms with Crippen LogP contribution in [-0.4, -0.2) is 33.7 Å². The number of hydrogen-bond acceptors (Lipinski definition) is 7. The quantitative estimate of drug-likeness (QED) is 0.377. The van der Waals surface area contributed by atoms with Crippen molar-refractivity contribution in [2.24, 2.45) is 0 Å². The highest BCUT2D eigenvalue weighted by Crippen LogP contribution is 2.25. The van der Waals surface area contributed by atoms with Crippen LogP contribution in [-0.2, 0) is 17.8 Å². The van der Waals surface area contributed by atoms with Crippen LogP contribution in [0.5, 0.6) is 5.75 Å². The van der Waals surface area contributed by atoms with Gasteiger partial charge in [-0.3, -0.25) is 9.59 Å². The molecule has 162 valence electrons. The summed E-state index contributed by atoms with van der Waals surface area (Å²) in [6.45, 7) is 6.03. The first-order valence-electron chi connectivity index (χ1n) is 9.97. The first-order valence-corrected chi connectivity index (χ1v) is 10.8. The van der Waals surface area contributed by atoms with Crippen molar-refractivity contribution >= 4 is 23.5 Å². The van der Waals surface area contributed by atoms with E-state index < -0.39 is 0 Å². The van der Waals surface area contributed by atoms with Gasteiger partial charge in [0.05, 0.1) is 5.25 Å². The lowest BCUT2D eigenvalue weighted by Gasteiger charge is -2.08. The first-order chi connectivity index (χ1) is 14.9. The van der Waals surface area contributed by atoms with Crippen molar-refractivity contribution in [2.75, 3.05) is 6.54 Å². The smallest absolute Gasteiger partial charge is 0.277 e. The molecule has 7 nitrogen and oxygen atoms in total. The van der Waals surface area contributed by atoms with E-state index in [0.29, 0.717) is 29.6 Å². The van der Waals surface area contributed by atoms with Crippen LogP contribution in [0.4, 0.5) is 0 Å². The van der Waals surface area contributed by atoms with Crippen molar-refractivity contribution in [1.29, 1.82) is 0 Å². The highest BCUT2D eigenvalue weighted by atomic mass is 32.2. The molecule has 1 amide bonds. The Morgan fingerprint density at radius 3 is 2.65 bits per heavy atom. The van der Waals surface area contributed by atoms with Crippen LogP contribution < -0.4 is 10.1 Å². The van der Waals surface area contributed by atoms with Crippen LogP contribution in [0.15, 0.2) is 58.2 Å². The number of ketones is 1. The fourth-order valence-corrected chi connectivity index (χ4v) is 3.63. The second-order valence-electron chi connectivity index (χ2n) is 7.12. The van der Waals surface area contributed by atoms with E-state index in [2.05, 4.69) is 15.5 Å². The number of carbonyl (C=O) groups is 2. The molecule has 0 radical (unpaired) electrons. The fourth-order valence-electron chi connectivity index (χ4n) is 2.85. The number of nitrogens with one attached hydrogen (secondary N) is 1. The number of carbonyl (C=O) groups excluding carboxylic acids is 2. The van der Waals surface area contributed by atoms with Gasteiger partial charge in [-0.15, -0.1) is 10.2 Å². The maximum atomic E-state index is 12.7. The number of thioether (sulfide) groups is 1. The largest absolute Gasteiger partial charge is 0.484 e. The van der Waals surface area contributed by atoms with Crippen LogP contribution >= 0.6 is 11.8 Å². The molecule has 1 aromatic heterocycles. The number of amides is 1. The Kier molecular flexibility index (Phi) is 7.83. The van der Waals surface area contributed by atoms with Gasteiger partial charge in [0.25, 0.3) is 11.1 Å². The number of Topliss-reactive ketones (excluding diaryl/α,β-unsaturated/α-hetero) is 1. The maximum Gasteiger partial charge on any atom is 0.277 e. The lowest BCUT2D eigenvalue weighted by atomic mass is 10.0. The molecule has 2 aromatic carbocycles. The minimum atomic E-state index is -0.378. The van der Waals surface area contributed by atoms with E-state index in [4.69, 9.17) is 9.15 Å². The van der Waals surface area contributed by atoms with Gasteiger partial charge in [0.1, 0.15) is 5.75 Å². The van der Waals surface area contributed by atoms with E-state index in [9.17, 15) is 9.59 Å². The molecule has 31 heavy (non-hydrogen) atoms. The van der Waals surface area contributed by atoms with Gasteiger partial charge in [0.2, 0.25) is 5.91 Å². The van der Waals surface area contributed by atoms with Crippen molar-refractivity contribution < 1.29 is 18.7 Å². The molecule has 3 aromatic rings. The molecule has 1 atom stereocenters. The molecule has 1 N–H and O–H groups in total. The molecule has 0 bridgehead atoms. The Balaban J connectivity index is 1.51. The zero-order chi connectivity index (χ0) is 22.2. The van der Waals surface area contributed by atoms with Gasteiger partial charge in [0, 0.05) is 19.0 Å². The van der Waals surface area contributed by atoms with E-state index in [1.54, 1.807) is 12.1 Å². The van der Waals surface area contributed by atoms with E-state index >= 15 is 0 Å². The predicted molar refractivity (Wildman–Crippen MR) is 118 cm³/mol. The number of hydrogen-bond donors (Lipinski definition) is 1. The molecule has 0 saturated heterocycles. The second kappa shape index (κ2) is 10.8. The molecular formula is C23H25N3O4S. The van der Waals surface area contributed by atoms with Crippen LogP contribution in [0, 0.1) is 6.92 Å². The molecule has 1 unspecified atom stereocenters. The highest BCUT2D eigenvalue weighted by Gasteiger charge is 2.20. The molecule has 8 heteroatoms. The lowest BCUT2D eigenvalue weighted by molar-refractivity contribution is -0.118. The minimum Gasteiger partial charge on any atom is -0.484 e. The van der Waals surface area contributed by atoms with Crippen LogP contribution in [0.3, 0.4) is 0 Å². The zero-order valence-corrected chi connectivity index (χ0v) is 18.6. The molecule has 0 aliphatic rings. The molecule has 0 aliphatic heterocycles. The number of ether oxygens (including phenoxy) is 1. The third-order valence-electron chi connectivity index (χ3n) is 4.47. The van der Waals surface area contributed by atoms with Gasteiger partial charge in [0.15, 0.2) is 12.4 Å². The Hall–Kier alpha value is -3.13. The van der Waals surface area contributed by atoms with Gasteiger partial charge < -0.3 is 14.5 Å². The summed E-state index contributed by atoms with van der Waals surface area (Å²) >= 11 is 1.22. The summed E-state index contributed by atoms with van der Waals surface area (Å²) in [5.74, 6) is 1.02. The Bertz CT molecular complexity index is 1030. The van der Waals surface area contributed by atoms with Gasteiger partial charge in [-0.25, -0.2) is 0 Å².